The SMILES string of the molecule is C=CC[C@@H](CNC1(C=C)CC1)OC(N)=O. The van der Waals surface area contributed by atoms with Crippen molar-refractivity contribution in [3.63, 3.8) is 0 Å². The Balaban J connectivity index is 2.33. The minimum Gasteiger partial charge on any atom is -0.445 e. The van der Waals surface area contributed by atoms with Crippen LogP contribution in [0.3, 0.4) is 0 Å². The van der Waals surface area contributed by atoms with Crippen LogP contribution in [0.1, 0.15) is 19.3 Å². The first kappa shape index (κ1) is 11.8. The molecule has 0 spiro atoms. The van der Waals surface area contributed by atoms with Gasteiger partial charge in [0.25, 0.3) is 0 Å². The van der Waals surface area contributed by atoms with Crippen LogP contribution in [0, 0.1) is 0 Å². The zero-order valence-electron chi connectivity index (χ0n) is 8.87. The van der Waals surface area contributed by atoms with Crippen molar-refractivity contribution in [2.75, 3.05) is 6.54 Å². The number of carbonyl (C=O) groups is 1. The fraction of sp³-hybridized carbons (Fsp3) is 0.545. The lowest BCUT2D eigenvalue weighted by Crippen LogP contribution is -2.38. The van der Waals surface area contributed by atoms with Gasteiger partial charge in [0.1, 0.15) is 6.10 Å². The molecule has 1 atom stereocenters. The number of primary amides is 1. The molecule has 15 heavy (non-hydrogen) atoms. The standard InChI is InChI=1S/C11H18N2O2/c1-3-5-9(15-10(12)14)8-13-11(4-2)6-7-11/h3-4,9,13H,1-2,5-8H2,(H2,12,14)/t9-/m0/s1. The summed E-state index contributed by atoms with van der Waals surface area (Å²) in [5.41, 5.74) is 5.02. The zero-order chi connectivity index (χ0) is 11.3. The predicted molar refractivity (Wildman–Crippen MR) is 59.4 cm³/mol. The van der Waals surface area contributed by atoms with E-state index >= 15 is 0 Å². The van der Waals surface area contributed by atoms with Crippen molar-refractivity contribution in [2.45, 2.75) is 30.9 Å². The predicted octanol–water partition coefficient (Wildman–Crippen LogP) is 1.33. The minimum absolute atomic E-state index is 0.0560. The lowest BCUT2D eigenvalue weighted by Gasteiger charge is -2.19. The summed E-state index contributed by atoms with van der Waals surface area (Å²) >= 11 is 0. The lowest BCUT2D eigenvalue weighted by atomic mass is 10.2. The van der Waals surface area contributed by atoms with Gasteiger partial charge in [0.05, 0.1) is 0 Å². The highest BCUT2D eigenvalue weighted by atomic mass is 16.6. The molecule has 1 saturated carbocycles. The first-order valence-corrected chi connectivity index (χ1v) is 5.07. The third-order valence-corrected chi connectivity index (χ3v) is 2.57. The maximum absolute atomic E-state index is 10.6. The van der Waals surface area contributed by atoms with Crippen molar-refractivity contribution in [1.29, 1.82) is 0 Å². The molecule has 0 aliphatic heterocycles. The fourth-order valence-electron chi connectivity index (χ4n) is 1.43. The van der Waals surface area contributed by atoms with Crippen LogP contribution in [0.4, 0.5) is 4.79 Å². The molecule has 0 bridgehead atoms. The van der Waals surface area contributed by atoms with E-state index in [0.29, 0.717) is 13.0 Å². The second-order valence-electron chi connectivity index (χ2n) is 3.82. The fourth-order valence-corrected chi connectivity index (χ4v) is 1.43. The average molecular weight is 210 g/mol. The maximum atomic E-state index is 10.6. The summed E-state index contributed by atoms with van der Waals surface area (Å²) in [5, 5.41) is 3.31. The highest BCUT2D eigenvalue weighted by Gasteiger charge is 2.39. The number of rotatable bonds is 7. The smallest absolute Gasteiger partial charge is 0.404 e. The third kappa shape index (κ3) is 3.75. The van der Waals surface area contributed by atoms with E-state index in [9.17, 15) is 4.79 Å². The van der Waals surface area contributed by atoms with Crippen molar-refractivity contribution in [2.24, 2.45) is 5.73 Å². The largest absolute Gasteiger partial charge is 0.445 e. The van der Waals surface area contributed by atoms with E-state index in [0.717, 1.165) is 12.8 Å². The van der Waals surface area contributed by atoms with E-state index in [2.05, 4.69) is 18.5 Å². The Morgan fingerprint density at radius 3 is 2.67 bits per heavy atom. The summed E-state index contributed by atoms with van der Waals surface area (Å²) in [6, 6.07) is 0. The number of carbonyl (C=O) groups excluding carboxylic acids is 1. The van der Waals surface area contributed by atoms with E-state index in [1.807, 2.05) is 6.08 Å². The van der Waals surface area contributed by atoms with Crippen molar-refractivity contribution >= 4 is 6.09 Å². The van der Waals surface area contributed by atoms with Crippen molar-refractivity contribution in [1.82, 2.24) is 5.32 Å². The van der Waals surface area contributed by atoms with E-state index < -0.39 is 6.09 Å². The highest BCUT2D eigenvalue weighted by molar-refractivity contribution is 5.64. The van der Waals surface area contributed by atoms with Gasteiger partial charge in [-0.2, -0.15) is 0 Å². The van der Waals surface area contributed by atoms with Crippen LogP contribution in [-0.4, -0.2) is 24.3 Å². The Hall–Kier alpha value is -1.29. The molecule has 4 heteroatoms. The molecule has 4 nitrogen and oxygen atoms in total. The van der Waals surface area contributed by atoms with Gasteiger partial charge < -0.3 is 15.8 Å². The van der Waals surface area contributed by atoms with Crippen LogP contribution in [0.25, 0.3) is 0 Å². The van der Waals surface area contributed by atoms with Crippen LogP contribution in [-0.2, 0) is 4.74 Å². The van der Waals surface area contributed by atoms with E-state index in [-0.39, 0.29) is 11.6 Å². The van der Waals surface area contributed by atoms with Gasteiger partial charge in [0.2, 0.25) is 0 Å². The summed E-state index contributed by atoms with van der Waals surface area (Å²) in [7, 11) is 0. The average Bonchev–Trinajstić information content (AvgIpc) is 2.95. The molecule has 3 N–H and O–H groups in total. The van der Waals surface area contributed by atoms with Gasteiger partial charge in [-0.15, -0.1) is 13.2 Å². The van der Waals surface area contributed by atoms with Gasteiger partial charge >= 0.3 is 6.09 Å². The van der Waals surface area contributed by atoms with Crippen LogP contribution >= 0.6 is 0 Å². The molecule has 0 aromatic heterocycles. The molecule has 0 saturated heterocycles. The number of hydrogen-bond acceptors (Lipinski definition) is 3. The Kier molecular flexibility index (Phi) is 3.91. The molecule has 1 aliphatic carbocycles. The number of hydrogen-bond donors (Lipinski definition) is 2. The molecule has 0 unspecified atom stereocenters. The van der Waals surface area contributed by atoms with Gasteiger partial charge in [-0.1, -0.05) is 12.2 Å². The van der Waals surface area contributed by atoms with Crippen LogP contribution in [0.2, 0.25) is 0 Å². The molecule has 1 rings (SSSR count). The molecule has 84 valence electrons. The monoisotopic (exact) mass is 210 g/mol. The minimum atomic E-state index is -0.743. The van der Waals surface area contributed by atoms with Crippen molar-refractivity contribution < 1.29 is 9.53 Å². The molecule has 0 aromatic carbocycles. The van der Waals surface area contributed by atoms with Gasteiger partial charge in [-0.3, -0.25) is 0 Å². The zero-order valence-corrected chi connectivity index (χ0v) is 8.87. The molecule has 1 aliphatic rings. The van der Waals surface area contributed by atoms with Crippen molar-refractivity contribution in [3.05, 3.63) is 25.3 Å². The Morgan fingerprint density at radius 1 is 1.60 bits per heavy atom. The van der Waals surface area contributed by atoms with Crippen LogP contribution < -0.4 is 11.1 Å². The molecule has 1 fully saturated rings. The summed E-state index contributed by atoms with van der Waals surface area (Å²) in [6.45, 7) is 7.96. The first-order valence-electron chi connectivity index (χ1n) is 5.07. The number of ether oxygens (including phenoxy) is 1. The summed E-state index contributed by atoms with van der Waals surface area (Å²) in [6.07, 6.45) is 5.42. The van der Waals surface area contributed by atoms with E-state index in [1.54, 1.807) is 6.08 Å². The normalized spacial score (nSPS) is 18.9. The molecular formula is C11H18N2O2. The van der Waals surface area contributed by atoms with Gasteiger partial charge in [0.15, 0.2) is 0 Å². The highest BCUT2D eigenvalue weighted by Crippen LogP contribution is 2.36. The van der Waals surface area contributed by atoms with E-state index in [1.165, 1.54) is 0 Å². The van der Waals surface area contributed by atoms with Crippen LogP contribution in [0.5, 0.6) is 0 Å². The summed E-state index contributed by atoms with van der Waals surface area (Å²) in [5.74, 6) is 0. The first-order chi connectivity index (χ1) is 7.12. The van der Waals surface area contributed by atoms with E-state index in [4.69, 9.17) is 10.5 Å². The van der Waals surface area contributed by atoms with Gasteiger partial charge in [-0.05, 0) is 12.8 Å². The lowest BCUT2D eigenvalue weighted by molar-refractivity contribution is 0.105. The molecule has 0 radical (unpaired) electrons. The summed E-state index contributed by atoms with van der Waals surface area (Å²) < 4.78 is 4.93. The quantitative estimate of drug-likeness (QED) is 0.623. The maximum Gasteiger partial charge on any atom is 0.404 e. The number of amides is 1. The van der Waals surface area contributed by atoms with Gasteiger partial charge in [0, 0.05) is 18.5 Å². The third-order valence-electron chi connectivity index (χ3n) is 2.57. The molecular weight excluding hydrogens is 192 g/mol. The topological polar surface area (TPSA) is 64.3 Å². The second-order valence-corrected chi connectivity index (χ2v) is 3.82. The number of nitrogens with one attached hydrogen (secondary N) is 1. The second kappa shape index (κ2) is 4.98. The Morgan fingerprint density at radius 2 is 2.27 bits per heavy atom. The molecule has 0 heterocycles. The number of nitrogens with two attached hydrogens (primary N) is 1. The van der Waals surface area contributed by atoms with Gasteiger partial charge in [-0.25, -0.2) is 4.79 Å². The Labute approximate surface area is 90.2 Å². The Bertz CT molecular complexity index is 259. The molecule has 0 aromatic rings. The summed E-state index contributed by atoms with van der Waals surface area (Å²) in [4.78, 5) is 10.6. The van der Waals surface area contributed by atoms with Crippen LogP contribution in [0.15, 0.2) is 25.3 Å². The van der Waals surface area contributed by atoms with Crippen molar-refractivity contribution in [3.8, 4) is 0 Å². The molecule has 1 amide bonds.